The minimum Gasteiger partial charge on any atom is -0.493 e. The molecule has 5 rings (SSSR count). The molecule has 9 heteroatoms. The van der Waals surface area contributed by atoms with Gasteiger partial charge in [-0.25, -0.2) is 9.48 Å². The van der Waals surface area contributed by atoms with Crippen molar-refractivity contribution in [3.63, 3.8) is 0 Å². The van der Waals surface area contributed by atoms with Crippen molar-refractivity contribution < 1.29 is 23.4 Å². The number of pyridine rings is 1. The molecule has 1 N–H and O–H groups in total. The first-order chi connectivity index (χ1) is 15.8. The number of benzene rings is 1. The van der Waals surface area contributed by atoms with Gasteiger partial charge in [0.05, 0.1) is 18.5 Å². The van der Waals surface area contributed by atoms with Crippen LogP contribution in [0.4, 0.5) is 8.78 Å². The molecule has 2 atom stereocenters. The van der Waals surface area contributed by atoms with Crippen molar-refractivity contribution in [2.24, 2.45) is 5.92 Å². The van der Waals surface area contributed by atoms with Crippen molar-refractivity contribution >= 4 is 5.97 Å². The SMILES string of the molecule is CC(C)C1Cc2ccc3c(c2-c2cc(=O)c(C(=O)O)cn21)C(c1cnn(C(F)F)c1)CCO3. The number of nitrogens with zero attached hydrogens (tertiary/aromatic N) is 3. The molecular weight excluding hydrogens is 432 g/mol. The molecule has 1 aromatic carbocycles. The van der Waals surface area contributed by atoms with Crippen LogP contribution in [0.5, 0.6) is 5.75 Å². The number of hydrogen-bond donors (Lipinski definition) is 1. The van der Waals surface area contributed by atoms with Crippen molar-refractivity contribution in [1.82, 2.24) is 14.3 Å². The predicted molar refractivity (Wildman–Crippen MR) is 116 cm³/mol. The van der Waals surface area contributed by atoms with Crippen LogP contribution in [0, 0.1) is 5.92 Å². The molecule has 33 heavy (non-hydrogen) atoms. The van der Waals surface area contributed by atoms with E-state index in [1.54, 1.807) is 0 Å². The zero-order chi connectivity index (χ0) is 23.4. The van der Waals surface area contributed by atoms with Crippen LogP contribution >= 0.6 is 0 Å². The molecule has 2 unspecified atom stereocenters. The van der Waals surface area contributed by atoms with E-state index in [-0.39, 0.29) is 23.4 Å². The third kappa shape index (κ3) is 3.42. The molecule has 0 amide bonds. The summed E-state index contributed by atoms with van der Waals surface area (Å²) in [5, 5.41) is 13.3. The highest BCUT2D eigenvalue weighted by atomic mass is 19.3. The van der Waals surface area contributed by atoms with Gasteiger partial charge in [-0.1, -0.05) is 19.9 Å². The van der Waals surface area contributed by atoms with E-state index in [1.807, 2.05) is 16.7 Å². The topological polar surface area (TPSA) is 86.4 Å². The summed E-state index contributed by atoms with van der Waals surface area (Å²) in [7, 11) is 0. The first-order valence-corrected chi connectivity index (χ1v) is 10.9. The lowest BCUT2D eigenvalue weighted by Gasteiger charge is -2.37. The van der Waals surface area contributed by atoms with Gasteiger partial charge < -0.3 is 14.4 Å². The average molecular weight is 455 g/mol. The standard InChI is InChI=1S/C24H23F2N3O4/c1-12(2)17-7-13-3-4-20-22(15(5-6-33-20)14-9-27-29(10-14)24(25)26)21(13)18-8-19(30)16(23(31)32)11-28(17)18/h3-4,8-12,15,17,24H,5-7H2,1-2H3,(H,31,32). The highest BCUT2D eigenvalue weighted by Crippen LogP contribution is 2.48. The van der Waals surface area contributed by atoms with Crippen molar-refractivity contribution in [3.8, 4) is 17.0 Å². The van der Waals surface area contributed by atoms with Crippen LogP contribution in [0.2, 0.25) is 0 Å². The predicted octanol–water partition coefficient (Wildman–Crippen LogP) is 4.47. The molecular formula is C24H23F2N3O4. The van der Waals surface area contributed by atoms with Crippen LogP contribution in [0.3, 0.4) is 0 Å². The smallest absolute Gasteiger partial charge is 0.341 e. The van der Waals surface area contributed by atoms with Crippen LogP contribution in [-0.2, 0) is 6.42 Å². The summed E-state index contributed by atoms with van der Waals surface area (Å²) in [6.07, 6.45) is 5.46. The Balaban J connectivity index is 1.76. The maximum absolute atomic E-state index is 13.2. The van der Waals surface area contributed by atoms with Crippen molar-refractivity contribution in [3.05, 3.63) is 69.3 Å². The third-order valence-electron chi connectivity index (χ3n) is 6.65. The largest absolute Gasteiger partial charge is 0.493 e. The molecule has 0 fully saturated rings. The number of alkyl halides is 2. The first-order valence-electron chi connectivity index (χ1n) is 10.9. The molecule has 0 saturated carbocycles. The lowest BCUT2D eigenvalue weighted by Crippen LogP contribution is -2.29. The molecule has 172 valence electrons. The van der Waals surface area contributed by atoms with Gasteiger partial charge in [0.2, 0.25) is 0 Å². The van der Waals surface area contributed by atoms with Crippen LogP contribution in [0.25, 0.3) is 11.3 Å². The highest BCUT2D eigenvalue weighted by molar-refractivity contribution is 5.88. The number of aromatic nitrogens is 3. The van der Waals surface area contributed by atoms with Gasteiger partial charge in [-0.15, -0.1) is 0 Å². The van der Waals surface area contributed by atoms with Crippen LogP contribution in [0.15, 0.2) is 41.6 Å². The molecule has 2 aromatic heterocycles. The number of hydrogen-bond acceptors (Lipinski definition) is 4. The minimum absolute atomic E-state index is 0.0335. The second-order valence-corrected chi connectivity index (χ2v) is 8.90. The van der Waals surface area contributed by atoms with Gasteiger partial charge in [0.1, 0.15) is 11.3 Å². The molecule has 0 saturated heterocycles. The first kappa shape index (κ1) is 21.4. The Morgan fingerprint density at radius 2 is 2.06 bits per heavy atom. The molecule has 3 aromatic rings. The monoisotopic (exact) mass is 455 g/mol. The molecule has 4 heterocycles. The number of halogens is 2. The average Bonchev–Trinajstić information content (AvgIpc) is 3.27. The van der Waals surface area contributed by atoms with E-state index in [0.29, 0.717) is 41.1 Å². The van der Waals surface area contributed by atoms with E-state index in [4.69, 9.17) is 4.74 Å². The Hall–Kier alpha value is -3.49. The summed E-state index contributed by atoms with van der Waals surface area (Å²) in [6, 6.07) is 5.22. The fourth-order valence-corrected chi connectivity index (χ4v) is 5.06. The molecule has 0 bridgehead atoms. The summed E-state index contributed by atoms with van der Waals surface area (Å²) in [4.78, 5) is 24.3. The lowest BCUT2D eigenvalue weighted by molar-refractivity contribution is 0.0564. The number of aromatic carboxylic acids is 1. The quantitative estimate of drug-likeness (QED) is 0.627. The third-order valence-corrected chi connectivity index (χ3v) is 6.65. The minimum atomic E-state index is -2.73. The molecule has 0 aliphatic carbocycles. The number of carboxylic acid groups (broad SMARTS) is 1. The number of carbonyl (C=O) groups is 1. The van der Waals surface area contributed by atoms with Gasteiger partial charge in [0, 0.05) is 41.5 Å². The Morgan fingerprint density at radius 3 is 2.73 bits per heavy atom. The molecule has 2 aliphatic rings. The molecule has 0 radical (unpaired) electrons. The van der Waals surface area contributed by atoms with E-state index in [2.05, 4.69) is 18.9 Å². The summed E-state index contributed by atoms with van der Waals surface area (Å²) < 4.78 is 34.8. The van der Waals surface area contributed by atoms with Crippen LogP contribution < -0.4 is 10.2 Å². The van der Waals surface area contributed by atoms with Gasteiger partial charge >= 0.3 is 12.5 Å². The van der Waals surface area contributed by atoms with Gasteiger partial charge in [-0.3, -0.25) is 4.79 Å². The van der Waals surface area contributed by atoms with E-state index in [0.717, 1.165) is 16.7 Å². The van der Waals surface area contributed by atoms with E-state index < -0.39 is 17.9 Å². The molecule has 2 aliphatic heterocycles. The summed E-state index contributed by atoms with van der Waals surface area (Å²) in [5.74, 6) is -0.679. The highest BCUT2D eigenvalue weighted by Gasteiger charge is 2.35. The second kappa shape index (κ2) is 7.83. The summed E-state index contributed by atoms with van der Waals surface area (Å²) in [6.45, 7) is 1.81. The van der Waals surface area contributed by atoms with Gasteiger partial charge in [-0.05, 0) is 36.0 Å². The van der Waals surface area contributed by atoms with E-state index in [1.165, 1.54) is 24.7 Å². The second-order valence-electron chi connectivity index (χ2n) is 8.90. The maximum atomic E-state index is 13.2. The normalized spacial score (nSPS) is 19.1. The van der Waals surface area contributed by atoms with Crippen molar-refractivity contribution in [2.75, 3.05) is 6.61 Å². The number of fused-ring (bicyclic) bond motifs is 5. The lowest BCUT2D eigenvalue weighted by atomic mass is 9.78. The number of carboxylic acids is 1. The van der Waals surface area contributed by atoms with Gasteiger partial charge in [-0.2, -0.15) is 13.9 Å². The van der Waals surface area contributed by atoms with Crippen LogP contribution in [-0.4, -0.2) is 32.0 Å². The van der Waals surface area contributed by atoms with Crippen molar-refractivity contribution in [2.45, 2.75) is 45.2 Å². The zero-order valence-corrected chi connectivity index (χ0v) is 18.2. The Labute approximate surface area is 188 Å². The molecule has 7 nitrogen and oxygen atoms in total. The van der Waals surface area contributed by atoms with Crippen molar-refractivity contribution in [1.29, 1.82) is 0 Å². The fourth-order valence-electron chi connectivity index (χ4n) is 5.06. The van der Waals surface area contributed by atoms with E-state index >= 15 is 0 Å². The Morgan fingerprint density at radius 1 is 1.27 bits per heavy atom. The maximum Gasteiger partial charge on any atom is 0.341 e. The Kier molecular flexibility index (Phi) is 5.07. The zero-order valence-electron chi connectivity index (χ0n) is 18.2. The Bertz CT molecular complexity index is 1310. The molecule has 0 spiro atoms. The van der Waals surface area contributed by atoms with Gasteiger partial charge in [0.15, 0.2) is 5.43 Å². The van der Waals surface area contributed by atoms with Gasteiger partial charge in [0.25, 0.3) is 0 Å². The number of rotatable bonds is 4. The van der Waals surface area contributed by atoms with E-state index in [9.17, 15) is 23.5 Å². The fraction of sp³-hybridized carbons (Fsp3) is 0.375. The van der Waals surface area contributed by atoms with Crippen LogP contribution in [0.1, 0.15) is 65.8 Å². The number of ether oxygens (including phenoxy) is 1. The summed E-state index contributed by atoms with van der Waals surface area (Å²) in [5.41, 5.74) is 3.09. The summed E-state index contributed by atoms with van der Waals surface area (Å²) >= 11 is 0.